The third-order valence-corrected chi connectivity index (χ3v) is 5.12. The molecule has 5 nitrogen and oxygen atoms in total. The van der Waals surface area contributed by atoms with Crippen LogP contribution in [0.5, 0.6) is 0 Å². The van der Waals surface area contributed by atoms with Gasteiger partial charge in [-0.2, -0.15) is 5.10 Å². The van der Waals surface area contributed by atoms with Crippen LogP contribution in [0.2, 0.25) is 0 Å². The van der Waals surface area contributed by atoms with Gasteiger partial charge >= 0.3 is 0 Å². The number of aryl methyl sites for hydroxylation is 1. The van der Waals surface area contributed by atoms with Gasteiger partial charge in [0.2, 0.25) is 5.91 Å². The molecule has 0 spiro atoms. The first-order chi connectivity index (χ1) is 12.2. The number of aromatic amines is 1. The molecule has 130 valence electrons. The third-order valence-electron chi connectivity index (χ3n) is 5.12. The zero-order chi connectivity index (χ0) is 17.2. The van der Waals surface area contributed by atoms with Gasteiger partial charge in [-0.15, -0.1) is 0 Å². The Balaban J connectivity index is 1.50. The van der Waals surface area contributed by atoms with Gasteiger partial charge in [-0.3, -0.25) is 9.48 Å². The molecular weight excluding hydrogens is 312 g/mol. The summed E-state index contributed by atoms with van der Waals surface area (Å²) >= 11 is 0. The Hall–Kier alpha value is -2.56. The Morgan fingerprint density at radius 2 is 2.20 bits per heavy atom. The molecule has 3 heterocycles. The zero-order valence-electron chi connectivity index (χ0n) is 14.6. The van der Waals surface area contributed by atoms with E-state index in [1.165, 1.54) is 6.42 Å². The fraction of sp³-hybridized carbons (Fsp3) is 0.400. The lowest BCUT2D eigenvalue weighted by molar-refractivity contribution is -0.134. The summed E-state index contributed by atoms with van der Waals surface area (Å²) < 4.78 is 1.97. The van der Waals surface area contributed by atoms with E-state index in [1.807, 2.05) is 42.2 Å². The van der Waals surface area contributed by atoms with Crippen molar-refractivity contribution in [3.63, 3.8) is 0 Å². The first-order valence-electron chi connectivity index (χ1n) is 9.04. The number of hydrogen-bond donors (Lipinski definition) is 1. The second-order valence-corrected chi connectivity index (χ2v) is 7.01. The monoisotopic (exact) mass is 336 g/mol. The highest BCUT2D eigenvalue weighted by atomic mass is 16.2. The highest BCUT2D eigenvalue weighted by molar-refractivity contribution is 5.89. The summed E-state index contributed by atoms with van der Waals surface area (Å²) in [5.41, 5.74) is 3.33. The molecule has 3 aromatic rings. The van der Waals surface area contributed by atoms with Crippen molar-refractivity contribution in [2.24, 2.45) is 0 Å². The van der Waals surface area contributed by atoms with Crippen LogP contribution in [0.4, 0.5) is 0 Å². The van der Waals surface area contributed by atoms with Gasteiger partial charge in [0, 0.05) is 29.8 Å². The molecule has 1 atom stereocenters. The van der Waals surface area contributed by atoms with E-state index in [1.54, 1.807) is 0 Å². The van der Waals surface area contributed by atoms with Crippen LogP contribution < -0.4 is 0 Å². The minimum absolute atomic E-state index is 0.221. The van der Waals surface area contributed by atoms with Crippen LogP contribution in [0, 0.1) is 6.92 Å². The van der Waals surface area contributed by atoms with Crippen molar-refractivity contribution in [2.75, 3.05) is 6.54 Å². The summed E-state index contributed by atoms with van der Waals surface area (Å²) in [4.78, 5) is 18.3. The van der Waals surface area contributed by atoms with Crippen molar-refractivity contribution in [2.45, 2.75) is 45.2 Å². The SMILES string of the molecule is Cc1cnn(CC2CCCCN2C(=O)Cc2c[nH]c3ccccc23)c1. The lowest BCUT2D eigenvalue weighted by atomic mass is 10.0. The molecule has 1 aromatic carbocycles. The van der Waals surface area contributed by atoms with E-state index in [2.05, 4.69) is 27.2 Å². The van der Waals surface area contributed by atoms with Gasteiger partial charge in [0.1, 0.15) is 0 Å². The van der Waals surface area contributed by atoms with E-state index in [9.17, 15) is 4.79 Å². The number of nitrogens with one attached hydrogen (secondary N) is 1. The van der Waals surface area contributed by atoms with Crippen LogP contribution in [-0.2, 0) is 17.8 Å². The van der Waals surface area contributed by atoms with E-state index in [4.69, 9.17) is 0 Å². The number of aromatic nitrogens is 3. The number of hydrogen-bond acceptors (Lipinski definition) is 2. The van der Waals surface area contributed by atoms with Crippen molar-refractivity contribution < 1.29 is 4.79 Å². The molecule has 1 amide bonds. The Kier molecular flexibility index (Phi) is 4.30. The molecule has 2 aromatic heterocycles. The number of nitrogens with zero attached hydrogens (tertiary/aromatic N) is 3. The Labute approximate surface area is 147 Å². The zero-order valence-corrected chi connectivity index (χ0v) is 14.6. The number of likely N-dealkylation sites (tertiary alicyclic amines) is 1. The molecular formula is C20H24N4O. The van der Waals surface area contributed by atoms with Crippen molar-refractivity contribution in [3.8, 4) is 0 Å². The van der Waals surface area contributed by atoms with Crippen LogP contribution in [0.15, 0.2) is 42.9 Å². The summed E-state index contributed by atoms with van der Waals surface area (Å²) in [5, 5.41) is 5.54. The van der Waals surface area contributed by atoms with Crippen LogP contribution in [0.3, 0.4) is 0 Å². The van der Waals surface area contributed by atoms with Gasteiger partial charge in [0.05, 0.1) is 25.2 Å². The molecule has 1 fully saturated rings. The number of rotatable bonds is 4. The Morgan fingerprint density at radius 3 is 3.04 bits per heavy atom. The average molecular weight is 336 g/mol. The first kappa shape index (κ1) is 15.9. The van der Waals surface area contributed by atoms with Gasteiger partial charge in [0.25, 0.3) is 0 Å². The molecule has 0 bridgehead atoms. The molecule has 0 aliphatic carbocycles. The molecule has 1 N–H and O–H groups in total. The number of amides is 1. The summed E-state index contributed by atoms with van der Waals surface area (Å²) in [6.45, 7) is 3.68. The minimum Gasteiger partial charge on any atom is -0.361 e. The molecule has 1 saturated heterocycles. The van der Waals surface area contributed by atoms with Crippen molar-refractivity contribution in [1.82, 2.24) is 19.7 Å². The van der Waals surface area contributed by atoms with E-state index < -0.39 is 0 Å². The summed E-state index contributed by atoms with van der Waals surface area (Å²) in [6.07, 6.45) is 9.68. The number of piperidine rings is 1. The highest BCUT2D eigenvalue weighted by Crippen LogP contribution is 2.23. The number of carbonyl (C=O) groups excluding carboxylic acids is 1. The predicted octanol–water partition coefficient (Wildman–Crippen LogP) is 3.30. The maximum Gasteiger partial charge on any atom is 0.227 e. The second-order valence-electron chi connectivity index (χ2n) is 7.01. The van der Waals surface area contributed by atoms with E-state index in [-0.39, 0.29) is 11.9 Å². The molecule has 25 heavy (non-hydrogen) atoms. The van der Waals surface area contributed by atoms with Gasteiger partial charge < -0.3 is 9.88 Å². The summed E-state index contributed by atoms with van der Waals surface area (Å²) in [7, 11) is 0. The van der Waals surface area contributed by atoms with E-state index >= 15 is 0 Å². The smallest absolute Gasteiger partial charge is 0.227 e. The highest BCUT2D eigenvalue weighted by Gasteiger charge is 2.27. The molecule has 1 aliphatic heterocycles. The Bertz CT molecular complexity index is 879. The standard InChI is InChI=1S/C20H24N4O/c1-15-11-22-23(13-15)14-17-6-4-5-9-24(17)20(25)10-16-12-21-19-8-3-2-7-18(16)19/h2-3,7-8,11-13,17,21H,4-6,9-10,14H2,1H3. The number of para-hydroxylation sites is 1. The molecule has 5 heteroatoms. The molecule has 0 saturated carbocycles. The van der Waals surface area contributed by atoms with Crippen LogP contribution in [0.25, 0.3) is 10.9 Å². The van der Waals surface area contributed by atoms with Gasteiger partial charge in [-0.1, -0.05) is 18.2 Å². The average Bonchev–Trinajstić information content (AvgIpc) is 3.22. The number of H-pyrrole nitrogens is 1. The summed E-state index contributed by atoms with van der Waals surface area (Å²) in [5.74, 6) is 0.221. The summed E-state index contributed by atoms with van der Waals surface area (Å²) in [6, 6.07) is 8.40. The van der Waals surface area contributed by atoms with Crippen LogP contribution in [0.1, 0.15) is 30.4 Å². The lowest BCUT2D eigenvalue weighted by Crippen LogP contribution is -2.46. The fourth-order valence-corrected chi connectivity index (χ4v) is 3.84. The van der Waals surface area contributed by atoms with E-state index in [0.29, 0.717) is 6.42 Å². The maximum atomic E-state index is 13.0. The first-order valence-corrected chi connectivity index (χ1v) is 9.04. The van der Waals surface area contributed by atoms with Gasteiger partial charge in [-0.25, -0.2) is 0 Å². The van der Waals surface area contributed by atoms with Crippen LogP contribution in [-0.4, -0.2) is 38.2 Å². The predicted molar refractivity (Wildman–Crippen MR) is 98.3 cm³/mol. The van der Waals surface area contributed by atoms with Gasteiger partial charge in [-0.05, 0) is 43.4 Å². The van der Waals surface area contributed by atoms with Crippen molar-refractivity contribution in [1.29, 1.82) is 0 Å². The van der Waals surface area contributed by atoms with Crippen molar-refractivity contribution >= 4 is 16.8 Å². The third kappa shape index (κ3) is 3.31. The Morgan fingerprint density at radius 1 is 1.32 bits per heavy atom. The normalized spacial score (nSPS) is 18.0. The minimum atomic E-state index is 0.221. The quantitative estimate of drug-likeness (QED) is 0.795. The largest absolute Gasteiger partial charge is 0.361 e. The molecule has 1 aliphatic rings. The molecule has 1 unspecified atom stereocenters. The number of fused-ring (bicyclic) bond motifs is 1. The van der Waals surface area contributed by atoms with Crippen LogP contribution >= 0.6 is 0 Å². The fourth-order valence-electron chi connectivity index (χ4n) is 3.84. The second kappa shape index (κ2) is 6.75. The topological polar surface area (TPSA) is 53.9 Å². The van der Waals surface area contributed by atoms with E-state index in [0.717, 1.165) is 48.0 Å². The number of carbonyl (C=O) groups is 1. The lowest BCUT2D eigenvalue weighted by Gasteiger charge is -2.35. The number of benzene rings is 1. The molecule has 4 rings (SSSR count). The van der Waals surface area contributed by atoms with Crippen molar-refractivity contribution in [3.05, 3.63) is 54.0 Å². The van der Waals surface area contributed by atoms with Gasteiger partial charge in [0.15, 0.2) is 0 Å². The maximum absolute atomic E-state index is 13.0. The molecule has 0 radical (unpaired) electrons.